The fourth-order valence-corrected chi connectivity index (χ4v) is 2.25. The zero-order chi connectivity index (χ0) is 12.3. The molecule has 0 bridgehead atoms. The minimum atomic E-state index is -0.325. The van der Waals surface area contributed by atoms with Crippen molar-refractivity contribution in [2.75, 3.05) is 5.75 Å². The van der Waals surface area contributed by atoms with Gasteiger partial charge in [0.05, 0.1) is 0 Å². The first-order valence-corrected chi connectivity index (χ1v) is 6.50. The number of halogens is 2. The fraction of sp³-hybridized carbons (Fsp3) is 0.500. The van der Waals surface area contributed by atoms with Gasteiger partial charge in [-0.05, 0) is 12.1 Å². The minimum Gasteiger partial charge on any atom is -0.323 e. The maximum absolute atomic E-state index is 13.5. The number of benzene rings is 1. The maximum atomic E-state index is 13.5. The van der Waals surface area contributed by atoms with Crippen molar-refractivity contribution in [3.8, 4) is 0 Å². The molecule has 0 fully saturated rings. The summed E-state index contributed by atoms with van der Waals surface area (Å²) >= 11 is 7.41. The van der Waals surface area contributed by atoms with Crippen LogP contribution in [0.25, 0.3) is 0 Å². The molecule has 1 aromatic rings. The van der Waals surface area contributed by atoms with Crippen LogP contribution in [0.2, 0.25) is 5.02 Å². The molecule has 0 spiro atoms. The van der Waals surface area contributed by atoms with Crippen LogP contribution in [-0.2, 0) is 0 Å². The number of rotatable bonds is 3. The molecule has 0 radical (unpaired) electrons. The van der Waals surface area contributed by atoms with E-state index in [-0.39, 0.29) is 16.6 Å². The van der Waals surface area contributed by atoms with Gasteiger partial charge in [0.2, 0.25) is 0 Å². The molecule has 0 aliphatic rings. The summed E-state index contributed by atoms with van der Waals surface area (Å²) in [6.07, 6.45) is 0. The molecule has 1 unspecified atom stereocenters. The molecule has 90 valence electrons. The third-order valence-electron chi connectivity index (χ3n) is 2.06. The smallest absolute Gasteiger partial charge is 0.129 e. The lowest BCUT2D eigenvalue weighted by atomic mass is 10.1. The molecular formula is C12H17ClFNS. The standard InChI is InChI=1S/C12H17ClFNS/c1-12(2,3)16-7-11(15)9-5-4-8(13)6-10(9)14/h4-6,11H,7,15H2,1-3H3. The third kappa shape index (κ3) is 4.32. The Morgan fingerprint density at radius 3 is 2.56 bits per heavy atom. The average molecular weight is 262 g/mol. The average Bonchev–Trinajstić information content (AvgIpc) is 2.13. The number of nitrogens with two attached hydrogens (primary N) is 1. The molecule has 16 heavy (non-hydrogen) atoms. The van der Waals surface area contributed by atoms with E-state index < -0.39 is 0 Å². The van der Waals surface area contributed by atoms with E-state index in [2.05, 4.69) is 20.8 Å². The van der Waals surface area contributed by atoms with Crippen LogP contribution in [0.5, 0.6) is 0 Å². The zero-order valence-electron chi connectivity index (χ0n) is 9.76. The molecule has 2 N–H and O–H groups in total. The van der Waals surface area contributed by atoms with Gasteiger partial charge in [0.25, 0.3) is 0 Å². The SMILES string of the molecule is CC(C)(C)SCC(N)c1ccc(Cl)cc1F. The van der Waals surface area contributed by atoms with Crippen LogP contribution in [0.3, 0.4) is 0 Å². The van der Waals surface area contributed by atoms with Crippen molar-refractivity contribution in [2.24, 2.45) is 5.73 Å². The van der Waals surface area contributed by atoms with Crippen LogP contribution in [0.1, 0.15) is 32.4 Å². The molecule has 1 nitrogen and oxygen atoms in total. The van der Waals surface area contributed by atoms with Gasteiger partial charge in [-0.3, -0.25) is 0 Å². The van der Waals surface area contributed by atoms with Gasteiger partial charge in [0, 0.05) is 27.1 Å². The van der Waals surface area contributed by atoms with Crippen molar-refractivity contribution in [1.82, 2.24) is 0 Å². The van der Waals surface area contributed by atoms with E-state index in [1.807, 2.05) is 0 Å². The summed E-state index contributed by atoms with van der Waals surface area (Å²) in [6, 6.07) is 4.34. The normalized spacial score (nSPS) is 13.9. The van der Waals surface area contributed by atoms with E-state index in [4.69, 9.17) is 17.3 Å². The molecular weight excluding hydrogens is 245 g/mol. The van der Waals surface area contributed by atoms with Crippen molar-refractivity contribution >= 4 is 23.4 Å². The Balaban J connectivity index is 2.70. The molecule has 4 heteroatoms. The van der Waals surface area contributed by atoms with E-state index in [9.17, 15) is 4.39 Å². The topological polar surface area (TPSA) is 26.0 Å². The van der Waals surface area contributed by atoms with Gasteiger partial charge < -0.3 is 5.73 Å². The van der Waals surface area contributed by atoms with Crippen molar-refractivity contribution in [2.45, 2.75) is 31.6 Å². The highest BCUT2D eigenvalue weighted by Crippen LogP contribution is 2.28. The lowest BCUT2D eigenvalue weighted by molar-refractivity contribution is 0.595. The molecule has 0 amide bonds. The number of hydrogen-bond acceptors (Lipinski definition) is 2. The summed E-state index contributed by atoms with van der Waals surface area (Å²) in [7, 11) is 0. The molecule has 0 saturated carbocycles. The summed E-state index contributed by atoms with van der Waals surface area (Å²) in [5.74, 6) is 0.372. The Bertz CT molecular complexity index is 363. The van der Waals surface area contributed by atoms with Crippen LogP contribution in [-0.4, -0.2) is 10.5 Å². The summed E-state index contributed by atoms with van der Waals surface area (Å²) in [5.41, 5.74) is 6.48. The van der Waals surface area contributed by atoms with Crippen LogP contribution < -0.4 is 5.73 Å². The van der Waals surface area contributed by atoms with Gasteiger partial charge in [0.1, 0.15) is 5.82 Å². The highest BCUT2D eigenvalue weighted by Gasteiger charge is 2.16. The van der Waals surface area contributed by atoms with E-state index in [0.717, 1.165) is 0 Å². The molecule has 1 rings (SSSR count). The van der Waals surface area contributed by atoms with E-state index in [1.54, 1.807) is 23.9 Å². The second kappa shape index (κ2) is 5.39. The molecule has 0 saturated heterocycles. The maximum Gasteiger partial charge on any atom is 0.129 e. The first kappa shape index (κ1) is 13.8. The Morgan fingerprint density at radius 2 is 2.06 bits per heavy atom. The third-order valence-corrected chi connectivity index (χ3v) is 3.68. The molecule has 0 aliphatic carbocycles. The second-order valence-corrected chi connectivity index (χ2v) is 6.98. The summed E-state index contributed by atoms with van der Waals surface area (Å²) in [4.78, 5) is 0. The molecule has 0 heterocycles. The fourth-order valence-electron chi connectivity index (χ4n) is 1.23. The van der Waals surface area contributed by atoms with Gasteiger partial charge in [0.15, 0.2) is 0 Å². The lowest BCUT2D eigenvalue weighted by Crippen LogP contribution is -2.19. The summed E-state index contributed by atoms with van der Waals surface area (Å²) in [6.45, 7) is 6.34. The first-order valence-electron chi connectivity index (χ1n) is 5.14. The van der Waals surface area contributed by atoms with Crippen LogP contribution >= 0.6 is 23.4 Å². The van der Waals surface area contributed by atoms with Crippen LogP contribution in [0.4, 0.5) is 4.39 Å². The van der Waals surface area contributed by atoms with Gasteiger partial charge >= 0.3 is 0 Å². The lowest BCUT2D eigenvalue weighted by Gasteiger charge is -2.21. The quantitative estimate of drug-likeness (QED) is 0.890. The number of thioether (sulfide) groups is 1. The number of hydrogen-bond donors (Lipinski definition) is 1. The highest BCUT2D eigenvalue weighted by molar-refractivity contribution is 8.00. The van der Waals surface area contributed by atoms with Crippen molar-refractivity contribution in [3.05, 3.63) is 34.6 Å². The Hall–Kier alpha value is -0.250. The van der Waals surface area contributed by atoms with Crippen LogP contribution in [0, 0.1) is 5.82 Å². The predicted molar refractivity (Wildman–Crippen MR) is 70.5 cm³/mol. The monoisotopic (exact) mass is 261 g/mol. The predicted octanol–water partition coefficient (Wildman–Crippen LogP) is 4.01. The van der Waals surface area contributed by atoms with Crippen LogP contribution in [0.15, 0.2) is 18.2 Å². The van der Waals surface area contributed by atoms with E-state index in [1.165, 1.54) is 6.07 Å². The summed E-state index contributed by atoms with van der Waals surface area (Å²) in [5, 5.41) is 0.400. The summed E-state index contributed by atoms with van der Waals surface area (Å²) < 4.78 is 13.7. The molecule has 0 aliphatic heterocycles. The second-order valence-electron chi connectivity index (χ2n) is 4.70. The molecule has 1 atom stereocenters. The first-order chi connectivity index (χ1) is 7.29. The Kier molecular flexibility index (Phi) is 4.65. The Labute approximate surface area is 106 Å². The Morgan fingerprint density at radius 1 is 1.44 bits per heavy atom. The van der Waals surface area contributed by atoms with Gasteiger partial charge in [-0.2, -0.15) is 11.8 Å². The molecule has 0 aromatic heterocycles. The molecule has 1 aromatic carbocycles. The van der Waals surface area contributed by atoms with Crippen molar-refractivity contribution in [3.63, 3.8) is 0 Å². The van der Waals surface area contributed by atoms with E-state index >= 15 is 0 Å². The van der Waals surface area contributed by atoms with Gasteiger partial charge in [-0.15, -0.1) is 0 Å². The van der Waals surface area contributed by atoms with E-state index in [0.29, 0.717) is 16.3 Å². The highest BCUT2D eigenvalue weighted by atomic mass is 35.5. The van der Waals surface area contributed by atoms with Gasteiger partial charge in [-0.1, -0.05) is 38.4 Å². The largest absolute Gasteiger partial charge is 0.323 e. The van der Waals surface area contributed by atoms with Crippen molar-refractivity contribution in [1.29, 1.82) is 0 Å². The van der Waals surface area contributed by atoms with Gasteiger partial charge in [-0.25, -0.2) is 4.39 Å². The minimum absolute atomic E-state index is 0.139. The zero-order valence-corrected chi connectivity index (χ0v) is 11.3. The van der Waals surface area contributed by atoms with Crippen molar-refractivity contribution < 1.29 is 4.39 Å².